The Morgan fingerprint density at radius 3 is 2.78 bits per heavy atom. The summed E-state index contributed by atoms with van der Waals surface area (Å²) in [7, 11) is 2.06. The second-order valence-electron chi connectivity index (χ2n) is 5.18. The summed E-state index contributed by atoms with van der Waals surface area (Å²) in [5.41, 5.74) is 0.747. The lowest BCUT2D eigenvalue weighted by molar-refractivity contribution is 0.282. The first-order chi connectivity index (χ1) is 8.70. The predicted molar refractivity (Wildman–Crippen MR) is 75.0 cm³/mol. The Morgan fingerprint density at radius 2 is 2.11 bits per heavy atom. The van der Waals surface area contributed by atoms with E-state index in [2.05, 4.69) is 16.9 Å². The molecule has 0 unspecified atom stereocenters. The van der Waals surface area contributed by atoms with Crippen LogP contribution in [-0.2, 0) is 6.61 Å². The monoisotopic (exact) mass is 268 g/mol. The number of anilines is 1. The van der Waals surface area contributed by atoms with Crippen LogP contribution in [0.2, 0.25) is 5.02 Å². The van der Waals surface area contributed by atoms with Crippen molar-refractivity contribution in [2.75, 3.05) is 18.5 Å². The molecule has 100 valence electrons. The number of hydrogen-bond acceptors (Lipinski definition) is 3. The van der Waals surface area contributed by atoms with Gasteiger partial charge in [0.15, 0.2) is 0 Å². The average Bonchev–Trinajstić information content (AvgIpc) is 2.40. The molecule has 0 atom stereocenters. The van der Waals surface area contributed by atoms with E-state index in [9.17, 15) is 5.11 Å². The highest BCUT2D eigenvalue weighted by atomic mass is 35.5. The molecule has 1 N–H and O–H groups in total. The molecule has 0 saturated heterocycles. The Morgan fingerprint density at radius 1 is 1.39 bits per heavy atom. The maximum atomic E-state index is 9.22. The minimum atomic E-state index is -0.0361. The second-order valence-corrected chi connectivity index (χ2v) is 5.58. The SMILES string of the molecule is CN(CC1CCCCC1)c1cc(CO)c(Cl)cn1. The fraction of sp³-hybridized carbons (Fsp3) is 0.643. The molecular weight excluding hydrogens is 248 g/mol. The molecule has 0 radical (unpaired) electrons. The van der Waals surface area contributed by atoms with Gasteiger partial charge in [-0.15, -0.1) is 0 Å². The summed E-state index contributed by atoms with van der Waals surface area (Å²) >= 11 is 5.95. The van der Waals surface area contributed by atoms with Crippen molar-refractivity contribution in [3.8, 4) is 0 Å². The molecule has 0 aliphatic heterocycles. The molecular formula is C14H21ClN2O. The Bertz CT molecular complexity index is 391. The first kappa shape index (κ1) is 13.6. The van der Waals surface area contributed by atoms with Crippen LogP contribution in [0.15, 0.2) is 12.3 Å². The number of aliphatic hydroxyl groups is 1. The van der Waals surface area contributed by atoms with Gasteiger partial charge in [0, 0.05) is 25.4 Å². The average molecular weight is 269 g/mol. The molecule has 1 heterocycles. The highest BCUT2D eigenvalue weighted by molar-refractivity contribution is 6.31. The van der Waals surface area contributed by atoms with Crippen LogP contribution in [0.1, 0.15) is 37.7 Å². The number of pyridine rings is 1. The summed E-state index contributed by atoms with van der Waals surface area (Å²) in [5, 5.41) is 9.75. The molecule has 1 aliphatic rings. The zero-order valence-electron chi connectivity index (χ0n) is 10.9. The first-order valence-corrected chi connectivity index (χ1v) is 7.05. The molecule has 4 heteroatoms. The van der Waals surface area contributed by atoms with Crippen LogP contribution >= 0.6 is 11.6 Å². The molecule has 0 aromatic carbocycles. The van der Waals surface area contributed by atoms with Gasteiger partial charge in [-0.2, -0.15) is 0 Å². The maximum absolute atomic E-state index is 9.22. The van der Waals surface area contributed by atoms with E-state index in [-0.39, 0.29) is 6.61 Å². The Hall–Kier alpha value is -0.800. The number of aliphatic hydroxyl groups excluding tert-OH is 1. The van der Waals surface area contributed by atoms with Gasteiger partial charge in [0.2, 0.25) is 0 Å². The molecule has 2 rings (SSSR count). The number of rotatable bonds is 4. The van der Waals surface area contributed by atoms with E-state index < -0.39 is 0 Å². The fourth-order valence-electron chi connectivity index (χ4n) is 2.65. The van der Waals surface area contributed by atoms with Gasteiger partial charge in [-0.05, 0) is 24.8 Å². The summed E-state index contributed by atoms with van der Waals surface area (Å²) in [6, 6.07) is 1.88. The van der Waals surface area contributed by atoms with Crippen molar-refractivity contribution in [2.24, 2.45) is 5.92 Å². The van der Waals surface area contributed by atoms with Gasteiger partial charge in [0.05, 0.1) is 11.6 Å². The largest absolute Gasteiger partial charge is 0.392 e. The molecule has 1 fully saturated rings. The van der Waals surface area contributed by atoms with Crippen molar-refractivity contribution in [2.45, 2.75) is 38.7 Å². The summed E-state index contributed by atoms with van der Waals surface area (Å²) in [6.07, 6.45) is 8.37. The second kappa shape index (κ2) is 6.39. The smallest absolute Gasteiger partial charge is 0.128 e. The van der Waals surface area contributed by atoms with E-state index in [0.717, 1.165) is 23.8 Å². The molecule has 1 aromatic rings. The van der Waals surface area contributed by atoms with E-state index in [1.165, 1.54) is 32.1 Å². The van der Waals surface area contributed by atoms with Crippen molar-refractivity contribution in [1.82, 2.24) is 4.98 Å². The van der Waals surface area contributed by atoms with E-state index in [1.807, 2.05) is 6.07 Å². The zero-order chi connectivity index (χ0) is 13.0. The third kappa shape index (κ3) is 3.36. The quantitative estimate of drug-likeness (QED) is 0.911. The van der Waals surface area contributed by atoms with Gasteiger partial charge in [-0.3, -0.25) is 0 Å². The van der Waals surface area contributed by atoms with Crippen molar-refractivity contribution in [3.05, 3.63) is 22.8 Å². The van der Waals surface area contributed by atoms with Gasteiger partial charge in [-0.1, -0.05) is 30.9 Å². The van der Waals surface area contributed by atoms with Gasteiger partial charge in [0.1, 0.15) is 5.82 Å². The Kier molecular flexibility index (Phi) is 4.84. The molecule has 3 nitrogen and oxygen atoms in total. The number of hydrogen-bond donors (Lipinski definition) is 1. The zero-order valence-corrected chi connectivity index (χ0v) is 11.7. The molecule has 0 amide bonds. The topological polar surface area (TPSA) is 36.4 Å². The third-order valence-electron chi connectivity index (χ3n) is 3.74. The van der Waals surface area contributed by atoms with Crippen LogP contribution < -0.4 is 4.90 Å². The van der Waals surface area contributed by atoms with Crippen LogP contribution in [-0.4, -0.2) is 23.7 Å². The molecule has 18 heavy (non-hydrogen) atoms. The van der Waals surface area contributed by atoms with E-state index in [0.29, 0.717) is 5.02 Å². The van der Waals surface area contributed by atoms with Crippen LogP contribution in [0.3, 0.4) is 0 Å². The van der Waals surface area contributed by atoms with Gasteiger partial charge in [-0.25, -0.2) is 4.98 Å². The minimum Gasteiger partial charge on any atom is -0.392 e. The van der Waals surface area contributed by atoms with Crippen molar-refractivity contribution < 1.29 is 5.11 Å². The third-order valence-corrected chi connectivity index (χ3v) is 4.08. The molecule has 0 bridgehead atoms. The molecule has 1 aliphatic carbocycles. The number of halogens is 1. The van der Waals surface area contributed by atoms with Crippen LogP contribution in [0.5, 0.6) is 0 Å². The normalized spacial score (nSPS) is 16.8. The fourth-order valence-corrected chi connectivity index (χ4v) is 2.81. The Labute approximate surface area is 114 Å². The Balaban J connectivity index is 2.01. The standard InChI is InChI=1S/C14H21ClN2O/c1-17(9-11-5-3-2-4-6-11)14-7-12(10-18)13(15)8-16-14/h7-8,11,18H,2-6,9-10H2,1H3. The molecule has 1 aromatic heterocycles. The van der Waals surface area contributed by atoms with Crippen LogP contribution in [0.4, 0.5) is 5.82 Å². The summed E-state index contributed by atoms with van der Waals surface area (Å²) in [5.74, 6) is 1.67. The highest BCUT2D eigenvalue weighted by Crippen LogP contribution is 2.26. The van der Waals surface area contributed by atoms with Crippen LogP contribution in [0, 0.1) is 5.92 Å². The van der Waals surface area contributed by atoms with Gasteiger partial charge in [0.25, 0.3) is 0 Å². The summed E-state index contributed by atoms with van der Waals surface area (Å²) in [4.78, 5) is 6.51. The lowest BCUT2D eigenvalue weighted by Crippen LogP contribution is -2.27. The number of aromatic nitrogens is 1. The van der Waals surface area contributed by atoms with E-state index in [1.54, 1.807) is 6.20 Å². The van der Waals surface area contributed by atoms with Gasteiger partial charge >= 0.3 is 0 Å². The maximum Gasteiger partial charge on any atom is 0.128 e. The van der Waals surface area contributed by atoms with Crippen molar-refractivity contribution >= 4 is 17.4 Å². The summed E-state index contributed by atoms with van der Waals surface area (Å²) in [6.45, 7) is 1.01. The first-order valence-electron chi connectivity index (χ1n) is 6.67. The highest BCUT2D eigenvalue weighted by Gasteiger charge is 2.16. The predicted octanol–water partition coefficient (Wildman–Crippen LogP) is 3.24. The lowest BCUT2D eigenvalue weighted by atomic mass is 9.89. The van der Waals surface area contributed by atoms with Crippen LogP contribution in [0.25, 0.3) is 0 Å². The van der Waals surface area contributed by atoms with E-state index >= 15 is 0 Å². The lowest BCUT2D eigenvalue weighted by Gasteiger charge is -2.27. The summed E-state index contributed by atoms with van der Waals surface area (Å²) < 4.78 is 0. The van der Waals surface area contributed by atoms with Crippen molar-refractivity contribution in [3.63, 3.8) is 0 Å². The minimum absolute atomic E-state index is 0.0361. The number of nitrogens with zero attached hydrogens (tertiary/aromatic N) is 2. The van der Waals surface area contributed by atoms with Gasteiger partial charge < -0.3 is 10.0 Å². The van der Waals surface area contributed by atoms with E-state index in [4.69, 9.17) is 11.6 Å². The molecule has 1 saturated carbocycles. The molecule has 0 spiro atoms. The van der Waals surface area contributed by atoms with Crippen molar-refractivity contribution in [1.29, 1.82) is 0 Å².